The number of hydrogen-bond acceptors (Lipinski definition) is 3. The third-order valence-electron chi connectivity index (χ3n) is 4.04. The van der Waals surface area contributed by atoms with Crippen molar-refractivity contribution in [3.8, 4) is 0 Å². The Morgan fingerprint density at radius 1 is 1.32 bits per heavy atom. The summed E-state index contributed by atoms with van der Waals surface area (Å²) < 4.78 is 0. The van der Waals surface area contributed by atoms with Crippen LogP contribution >= 0.6 is 11.6 Å². The lowest BCUT2D eigenvalue weighted by Gasteiger charge is -2.22. The molecule has 0 radical (unpaired) electrons. The van der Waals surface area contributed by atoms with Crippen molar-refractivity contribution in [3.63, 3.8) is 0 Å². The number of hydrogen-bond donors (Lipinski definition) is 1. The average molecular weight is 324 g/mol. The molecule has 1 amide bonds. The Balaban J connectivity index is 2.33. The van der Waals surface area contributed by atoms with Crippen LogP contribution in [0.1, 0.15) is 51.5 Å². The molecule has 22 heavy (non-hydrogen) atoms. The summed E-state index contributed by atoms with van der Waals surface area (Å²) in [5.41, 5.74) is -0.790. The van der Waals surface area contributed by atoms with Gasteiger partial charge in [0.2, 0.25) is 0 Å². The molecule has 0 aliphatic carbocycles. The number of ketones is 1. The van der Waals surface area contributed by atoms with E-state index in [-0.39, 0.29) is 12.2 Å². The number of halogens is 1. The number of amides is 1. The highest BCUT2D eigenvalue weighted by atomic mass is 35.5. The Bertz CT molecular complexity index is 587. The Labute approximate surface area is 136 Å². The fraction of sp³-hybridized carbons (Fsp3) is 0.529. The molecule has 1 N–H and O–H groups in total. The Morgan fingerprint density at radius 3 is 2.68 bits per heavy atom. The number of para-hydroxylation sites is 1. The van der Waals surface area contributed by atoms with E-state index < -0.39 is 11.5 Å². The summed E-state index contributed by atoms with van der Waals surface area (Å²) >= 11 is 6.24. The van der Waals surface area contributed by atoms with Gasteiger partial charge >= 0.3 is 0 Å². The van der Waals surface area contributed by atoms with Crippen molar-refractivity contribution in [1.29, 1.82) is 0 Å². The SMILES string of the molecule is CCCCCCN1C(=O)C(O)(CC(C)=O)c2cccc(Cl)c21. The fourth-order valence-electron chi connectivity index (χ4n) is 3.00. The second-order valence-electron chi connectivity index (χ2n) is 5.89. The number of rotatable bonds is 7. The van der Waals surface area contributed by atoms with Crippen molar-refractivity contribution in [2.75, 3.05) is 11.4 Å². The lowest BCUT2D eigenvalue weighted by molar-refractivity contribution is -0.141. The van der Waals surface area contributed by atoms with Crippen molar-refractivity contribution in [2.45, 2.75) is 51.6 Å². The predicted molar refractivity (Wildman–Crippen MR) is 87.1 cm³/mol. The lowest BCUT2D eigenvalue weighted by atomic mass is 9.90. The third-order valence-corrected chi connectivity index (χ3v) is 4.35. The number of aliphatic hydroxyl groups is 1. The van der Waals surface area contributed by atoms with Crippen LogP contribution in [0.25, 0.3) is 0 Å². The number of Topliss-reactive ketones (excluding diaryl/α,β-unsaturated/α-hetero) is 1. The zero-order valence-electron chi connectivity index (χ0n) is 13.1. The molecule has 4 nitrogen and oxygen atoms in total. The number of benzene rings is 1. The molecule has 0 aromatic heterocycles. The van der Waals surface area contributed by atoms with Crippen LogP contribution in [-0.2, 0) is 15.2 Å². The minimum absolute atomic E-state index is 0.218. The topological polar surface area (TPSA) is 57.6 Å². The summed E-state index contributed by atoms with van der Waals surface area (Å²) in [7, 11) is 0. The summed E-state index contributed by atoms with van der Waals surface area (Å²) in [4.78, 5) is 25.7. The van der Waals surface area contributed by atoms with E-state index in [0.29, 0.717) is 22.8 Å². The number of fused-ring (bicyclic) bond motifs is 1. The van der Waals surface area contributed by atoms with Crippen LogP contribution in [0, 0.1) is 0 Å². The van der Waals surface area contributed by atoms with Crippen LogP contribution in [0.3, 0.4) is 0 Å². The van der Waals surface area contributed by atoms with Crippen LogP contribution in [-0.4, -0.2) is 23.3 Å². The first kappa shape index (κ1) is 17.0. The second kappa shape index (κ2) is 6.80. The van der Waals surface area contributed by atoms with E-state index in [1.807, 2.05) is 0 Å². The van der Waals surface area contributed by atoms with E-state index in [0.717, 1.165) is 25.7 Å². The molecule has 0 bridgehead atoms. The first-order valence-electron chi connectivity index (χ1n) is 7.74. The van der Waals surface area contributed by atoms with E-state index in [1.54, 1.807) is 18.2 Å². The van der Waals surface area contributed by atoms with Gasteiger partial charge in [-0.05, 0) is 19.4 Å². The van der Waals surface area contributed by atoms with Gasteiger partial charge in [0.1, 0.15) is 5.78 Å². The molecule has 0 saturated heterocycles. The summed E-state index contributed by atoms with van der Waals surface area (Å²) in [6, 6.07) is 5.07. The van der Waals surface area contributed by atoms with Gasteiger partial charge in [-0.15, -0.1) is 0 Å². The quantitative estimate of drug-likeness (QED) is 0.782. The molecule has 1 unspecified atom stereocenters. The minimum atomic E-state index is -1.78. The first-order valence-corrected chi connectivity index (χ1v) is 8.12. The van der Waals surface area contributed by atoms with Gasteiger partial charge in [0.15, 0.2) is 5.60 Å². The molecule has 1 aliphatic heterocycles. The van der Waals surface area contributed by atoms with Gasteiger partial charge in [-0.2, -0.15) is 0 Å². The highest BCUT2D eigenvalue weighted by Gasteiger charge is 2.50. The van der Waals surface area contributed by atoms with Crippen molar-refractivity contribution in [1.82, 2.24) is 0 Å². The standard InChI is InChI=1S/C17H22ClNO3/c1-3-4-5-6-10-19-15-13(8-7-9-14(15)18)17(22,16(19)21)11-12(2)20/h7-9,22H,3-6,10-11H2,1-2H3. The Morgan fingerprint density at radius 2 is 2.05 bits per heavy atom. The Hall–Kier alpha value is -1.39. The summed E-state index contributed by atoms with van der Waals surface area (Å²) in [6.07, 6.45) is 3.87. The van der Waals surface area contributed by atoms with Crippen LogP contribution < -0.4 is 4.90 Å². The molecule has 0 saturated carbocycles. The number of carbonyl (C=O) groups excluding carboxylic acids is 2. The van der Waals surface area contributed by atoms with Gasteiger partial charge in [-0.3, -0.25) is 9.59 Å². The molecule has 120 valence electrons. The van der Waals surface area contributed by atoms with Crippen LogP contribution in [0.2, 0.25) is 5.02 Å². The average Bonchev–Trinajstić information content (AvgIpc) is 2.66. The molecule has 0 spiro atoms. The molecule has 1 heterocycles. The molecular weight excluding hydrogens is 302 g/mol. The fourth-order valence-corrected chi connectivity index (χ4v) is 3.28. The smallest absolute Gasteiger partial charge is 0.264 e. The number of unbranched alkanes of at least 4 members (excludes halogenated alkanes) is 3. The van der Waals surface area contributed by atoms with Gasteiger partial charge in [-0.1, -0.05) is 49.9 Å². The zero-order valence-corrected chi connectivity index (χ0v) is 13.8. The summed E-state index contributed by atoms with van der Waals surface area (Å²) in [6.45, 7) is 4.01. The molecule has 1 aliphatic rings. The predicted octanol–water partition coefficient (Wildman–Crippen LogP) is 3.43. The molecule has 0 fully saturated rings. The molecule has 1 aromatic carbocycles. The molecule has 1 aromatic rings. The van der Waals surface area contributed by atoms with E-state index in [9.17, 15) is 14.7 Å². The largest absolute Gasteiger partial charge is 0.375 e. The van der Waals surface area contributed by atoms with Crippen molar-refractivity contribution in [2.24, 2.45) is 0 Å². The van der Waals surface area contributed by atoms with Crippen LogP contribution in [0.4, 0.5) is 5.69 Å². The highest BCUT2D eigenvalue weighted by molar-refractivity contribution is 6.35. The normalized spacial score (nSPS) is 20.4. The van der Waals surface area contributed by atoms with Gasteiger partial charge in [0.25, 0.3) is 5.91 Å². The van der Waals surface area contributed by atoms with Crippen LogP contribution in [0.5, 0.6) is 0 Å². The van der Waals surface area contributed by atoms with E-state index in [4.69, 9.17) is 11.6 Å². The van der Waals surface area contributed by atoms with E-state index in [2.05, 4.69) is 6.92 Å². The number of anilines is 1. The van der Waals surface area contributed by atoms with E-state index in [1.165, 1.54) is 11.8 Å². The number of carbonyl (C=O) groups is 2. The van der Waals surface area contributed by atoms with E-state index >= 15 is 0 Å². The van der Waals surface area contributed by atoms with Crippen molar-refractivity contribution in [3.05, 3.63) is 28.8 Å². The lowest BCUT2D eigenvalue weighted by Crippen LogP contribution is -2.42. The molecule has 1 atom stereocenters. The maximum atomic E-state index is 12.7. The van der Waals surface area contributed by atoms with Gasteiger partial charge in [0.05, 0.1) is 10.7 Å². The maximum absolute atomic E-state index is 12.7. The summed E-state index contributed by atoms with van der Waals surface area (Å²) in [5.74, 6) is -0.670. The van der Waals surface area contributed by atoms with Gasteiger partial charge < -0.3 is 10.0 Å². The monoisotopic (exact) mass is 323 g/mol. The number of nitrogens with zero attached hydrogens (tertiary/aromatic N) is 1. The minimum Gasteiger partial charge on any atom is -0.375 e. The molecule has 5 heteroatoms. The first-order chi connectivity index (χ1) is 10.4. The zero-order chi connectivity index (χ0) is 16.3. The molecule has 2 rings (SSSR count). The highest BCUT2D eigenvalue weighted by Crippen LogP contribution is 2.46. The van der Waals surface area contributed by atoms with Crippen LogP contribution in [0.15, 0.2) is 18.2 Å². The van der Waals surface area contributed by atoms with Gasteiger partial charge in [0, 0.05) is 18.5 Å². The molecular formula is C17H22ClNO3. The second-order valence-corrected chi connectivity index (χ2v) is 6.30. The Kier molecular flexibility index (Phi) is 5.24. The van der Waals surface area contributed by atoms with Gasteiger partial charge in [-0.25, -0.2) is 0 Å². The van der Waals surface area contributed by atoms with Crippen molar-refractivity contribution >= 4 is 29.0 Å². The summed E-state index contributed by atoms with van der Waals surface area (Å²) in [5, 5.41) is 11.2. The maximum Gasteiger partial charge on any atom is 0.264 e. The van der Waals surface area contributed by atoms with Crippen molar-refractivity contribution < 1.29 is 14.7 Å². The third kappa shape index (κ3) is 3.03.